The SMILES string of the molecule is Cc1ccc(OC(F)F)c(CN=C(NCCc2ccccc2)NCC(=O)N(C)C)c1. The maximum atomic E-state index is 12.7. The first-order valence-corrected chi connectivity index (χ1v) is 9.65. The maximum absolute atomic E-state index is 12.7. The first-order chi connectivity index (χ1) is 14.3. The van der Waals surface area contributed by atoms with Crippen LogP contribution in [0.1, 0.15) is 16.7 Å². The summed E-state index contributed by atoms with van der Waals surface area (Å²) in [5, 5.41) is 6.18. The van der Waals surface area contributed by atoms with Gasteiger partial charge in [0.25, 0.3) is 0 Å². The number of guanidine groups is 1. The molecule has 0 atom stereocenters. The number of aryl methyl sites for hydroxylation is 1. The van der Waals surface area contributed by atoms with Crippen LogP contribution in [-0.4, -0.2) is 50.6 Å². The number of nitrogens with zero attached hydrogens (tertiary/aromatic N) is 2. The molecule has 0 fully saturated rings. The molecule has 0 aromatic heterocycles. The standard InChI is InChI=1S/C22H28F2N4O2/c1-16-9-10-19(30-21(23)24)18(13-16)14-26-22(27-15-20(29)28(2)3)25-12-11-17-7-5-4-6-8-17/h4-10,13,21H,11-12,14-15H2,1-3H3,(H2,25,26,27). The highest BCUT2D eigenvalue weighted by molar-refractivity contribution is 5.86. The summed E-state index contributed by atoms with van der Waals surface area (Å²) in [4.78, 5) is 17.9. The number of amides is 1. The number of halogens is 2. The van der Waals surface area contributed by atoms with Crippen molar-refractivity contribution in [3.8, 4) is 5.75 Å². The molecule has 2 aromatic carbocycles. The Balaban J connectivity index is 2.09. The lowest BCUT2D eigenvalue weighted by Crippen LogP contribution is -2.43. The quantitative estimate of drug-likeness (QED) is 0.485. The summed E-state index contributed by atoms with van der Waals surface area (Å²) in [6.45, 7) is -0.249. The van der Waals surface area contributed by atoms with Gasteiger partial charge in [0.15, 0.2) is 5.96 Å². The van der Waals surface area contributed by atoms with Gasteiger partial charge in [-0.15, -0.1) is 0 Å². The smallest absolute Gasteiger partial charge is 0.387 e. The third-order valence-electron chi connectivity index (χ3n) is 4.29. The Hall–Kier alpha value is -3.16. The van der Waals surface area contributed by atoms with E-state index in [0.717, 1.165) is 12.0 Å². The van der Waals surface area contributed by atoms with E-state index in [2.05, 4.69) is 20.4 Å². The van der Waals surface area contributed by atoms with E-state index in [-0.39, 0.29) is 24.7 Å². The minimum Gasteiger partial charge on any atom is -0.434 e. The average molecular weight is 418 g/mol. The van der Waals surface area contributed by atoms with Gasteiger partial charge < -0.3 is 20.3 Å². The molecule has 6 nitrogen and oxygen atoms in total. The van der Waals surface area contributed by atoms with E-state index in [1.54, 1.807) is 26.2 Å². The number of hydrogen-bond acceptors (Lipinski definition) is 3. The molecule has 0 bridgehead atoms. The van der Waals surface area contributed by atoms with E-state index in [1.807, 2.05) is 37.3 Å². The number of rotatable bonds is 9. The van der Waals surface area contributed by atoms with Gasteiger partial charge in [-0.3, -0.25) is 4.79 Å². The van der Waals surface area contributed by atoms with Gasteiger partial charge in [0.1, 0.15) is 5.75 Å². The van der Waals surface area contributed by atoms with Crippen LogP contribution < -0.4 is 15.4 Å². The van der Waals surface area contributed by atoms with Crippen molar-refractivity contribution in [2.45, 2.75) is 26.5 Å². The van der Waals surface area contributed by atoms with E-state index < -0.39 is 6.61 Å². The molecule has 2 N–H and O–H groups in total. The molecule has 1 amide bonds. The molecule has 0 aliphatic carbocycles. The van der Waals surface area contributed by atoms with Crippen molar-refractivity contribution in [2.75, 3.05) is 27.2 Å². The summed E-state index contributed by atoms with van der Waals surface area (Å²) < 4.78 is 30.0. The molecule has 2 rings (SSSR count). The van der Waals surface area contributed by atoms with Gasteiger partial charge in [0.05, 0.1) is 13.1 Å². The van der Waals surface area contributed by atoms with E-state index in [4.69, 9.17) is 0 Å². The molecule has 162 valence electrons. The van der Waals surface area contributed by atoms with Crippen molar-refractivity contribution in [2.24, 2.45) is 4.99 Å². The number of carbonyl (C=O) groups is 1. The zero-order valence-corrected chi connectivity index (χ0v) is 17.5. The van der Waals surface area contributed by atoms with E-state index in [1.165, 1.54) is 16.5 Å². The third kappa shape index (κ3) is 8.06. The highest BCUT2D eigenvalue weighted by Crippen LogP contribution is 2.22. The minimum atomic E-state index is -2.91. The zero-order chi connectivity index (χ0) is 21.9. The van der Waals surface area contributed by atoms with Crippen molar-refractivity contribution < 1.29 is 18.3 Å². The van der Waals surface area contributed by atoms with Crippen LogP contribution >= 0.6 is 0 Å². The number of carbonyl (C=O) groups excluding carboxylic acids is 1. The normalized spacial score (nSPS) is 11.3. The van der Waals surface area contributed by atoms with Crippen LogP contribution in [0.4, 0.5) is 8.78 Å². The zero-order valence-electron chi connectivity index (χ0n) is 17.5. The first-order valence-electron chi connectivity index (χ1n) is 9.65. The Morgan fingerprint density at radius 1 is 1.13 bits per heavy atom. The molecule has 0 unspecified atom stereocenters. The molecule has 0 heterocycles. The molecule has 30 heavy (non-hydrogen) atoms. The summed E-state index contributed by atoms with van der Waals surface area (Å²) in [6, 6.07) is 14.9. The lowest BCUT2D eigenvalue weighted by molar-refractivity contribution is -0.127. The van der Waals surface area contributed by atoms with Crippen molar-refractivity contribution in [3.05, 3.63) is 65.2 Å². The predicted molar refractivity (Wildman–Crippen MR) is 114 cm³/mol. The van der Waals surface area contributed by atoms with Gasteiger partial charge in [-0.25, -0.2) is 4.99 Å². The molecule has 0 saturated heterocycles. The van der Waals surface area contributed by atoms with Crippen LogP contribution in [0, 0.1) is 6.92 Å². The van der Waals surface area contributed by atoms with E-state index in [0.29, 0.717) is 18.1 Å². The van der Waals surface area contributed by atoms with Crippen molar-refractivity contribution in [1.29, 1.82) is 0 Å². The Labute approximate surface area is 175 Å². The molecule has 0 aliphatic rings. The second kappa shape index (κ2) is 11.7. The highest BCUT2D eigenvalue weighted by atomic mass is 19.3. The largest absolute Gasteiger partial charge is 0.434 e. The average Bonchev–Trinajstić information content (AvgIpc) is 2.71. The fourth-order valence-electron chi connectivity index (χ4n) is 2.67. The topological polar surface area (TPSA) is 66.0 Å². The van der Waals surface area contributed by atoms with Gasteiger partial charge >= 0.3 is 6.61 Å². The lowest BCUT2D eigenvalue weighted by atomic mass is 10.1. The summed E-state index contributed by atoms with van der Waals surface area (Å²) in [6.07, 6.45) is 0.771. The summed E-state index contributed by atoms with van der Waals surface area (Å²) in [5.41, 5.74) is 2.62. The van der Waals surface area contributed by atoms with Gasteiger partial charge in [0, 0.05) is 26.2 Å². The molecule has 0 spiro atoms. The monoisotopic (exact) mass is 418 g/mol. The molecule has 0 aliphatic heterocycles. The molecule has 0 saturated carbocycles. The van der Waals surface area contributed by atoms with Gasteiger partial charge in [-0.05, 0) is 25.0 Å². The number of hydrogen-bond donors (Lipinski definition) is 2. The Morgan fingerprint density at radius 3 is 2.53 bits per heavy atom. The van der Waals surface area contributed by atoms with Crippen molar-refractivity contribution in [1.82, 2.24) is 15.5 Å². The van der Waals surface area contributed by atoms with Crippen molar-refractivity contribution >= 4 is 11.9 Å². The number of aliphatic imine (C=N–C) groups is 1. The molecule has 8 heteroatoms. The van der Waals surface area contributed by atoms with Crippen LogP contribution in [0.15, 0.2) is 53.5 Å². The summed E-state index contributed by atoms with van der Waals surface area (Å²) in [7, 11) is 3.34. The van der Waals surface area contributed by atoms with Crippen LogP contribution in [0.3, 0.4) is 0 Å². The van der Waals surface area contributed by atoms with Crippen LogP contribution in [0.2, 0.25) is 0 Å². The molecular weight excluding hydrogens is 390 g/mol. The van der Waals surface area contributed by atoms with Crippen LogP contribution in [0.25, 0.3) is 0 Å². The molecule has 2 aromatic rings. The number of benzene rings is 2. The lowest BCUT2D eigenvalue weighted by Gasteiger charge is -2.16. The Morgan fingerprint density at radius 2 is 1.87 bits per heavy atom. The Bertz CT molecular complexity index is 842. The van der Waals surface area contributed by atoms with Gasteiger partial charge in [0.2, 0.25) is 5.91 Å². The van der Waals surface area contributed by atoms with Crippen LogP contribution in [-0.2, 0) is 17.8 Å². The number of nitrogens with one attached hydrogen (secondary N) is 2. The fourth-order valence-corrected chi connectivity index (χ4v) is 2.67. The second-order valence-electron chi connectivity index (χ2n) is 6.96. The van der Waals surface area contributed by atoms with E-state index >= 15 is 0 Å². The number of ether oxygens (including phenoxy) is 1. The summed E-state index contributed by atoms with van der Waals surface area (Å²) in [5.74, 6) is 0.405. The minimum absolute atomic E-state index is 0.0678. The maximum Gasteiger partial charge on any atom is 0.387 e. The molecular formula is C22H28F2N4O2. The highest BCUT2D eigenvalue weighted by Gasteiger charge is 2.11. The Kier molecular flexibility index (Phi) is 9.05. The fraction of sp³-hybridized carbons (Fsp3) is 0.364. The second-order valence-corrected chi connectivity index (χ2v) is 6.96. The predicted octanol–water partition coefficient (Wildman–Crippen LogP) is 2.96. The van der Waals surface area contributed by atoms with Crippen LogP contribution in [0.5, 0.6) is 5.75 Å². The first kappa shape index (κ1) is 23.1. The number of alkyl halides is 2. The van der Waals surface area contributed by atoms with Gasteiger partial charge in [-0.2, -0.15) is 8.78 Å². The molecule has 0 radical (unpaired) electrons. The van der Waals surface area contributed by atoms with Gasteiger partial charge in [-0.1, -0.05) is 48.0 Å². The van der Waals surface area contributed by atoms with E-state index in [9.17, 15) is 13.6 Å². The van der Waals surface area contributed by atoms with Crippen molar-refractivity contribution in [3.63, 3.8) is 0 Å². The third-order valence-corrected chi connectivity index (χ3v) is 4.29. The number of likely N-dealkylation sites (N-methyl/N-ethyl adjacent to an activating group) is 1. The summed E-state index contributed by atoms with van der Waals surface area (Å²) >= 11 is 0.